The number of nitrogens with one attached hydrogen (secondary N) is 1. The van der Waals surface area contributed by atoms with E-state index in [1.807, 2.05) is 62.9 Å². The van der Waals surface area contributed by atoms with E-state index in [1.54, 1.807) is 0 Å². The predicted molar refractivity (Wildman–Crippen MR) is 118 cm³/mol. The number of carbonyl (C=O) groups is 1. The Morgan fingerprint density at radius 2 is 1.75 bits per heavy atom. The molecule has 0 spiro atoms. The standard InChI is InChI=1S/C22H27Cl2N3O/c1-15-5-10-19(18(24)13-15)27-12-11-26(21(28)25-22(2,3)4)14-20(27)16-6-8-17(23)9-7-16/h5-10,13,20H,11-12,14H2,1-4H3,(H,25,28). The molecule has 1 aliphatic rings. The van der Waals surface area contributed by atoms with Gasteiger partial charge in [-0.1, -0.05) is 41.4 Å². The van der Waals surface area contributed by atoms with E-state index in [0.29, 0.717) is 24.7 Å². The second kappa shape index (κ2) is 8.22. The van der Waals surface area contributed by atoms with Gasteiger partial charge in [0.05, 0.1) is 16.8 Å². The zero-order chi connectivity index (χ0) is 20.5. The molecule has 150 valence electrons. The molecule has 1 heterocycles. The van der Waals surface area contributed by atoms with Gasteiger partial charge < -0.3 is 15.1 Å². The molecule has 1 unspecified atom stereocenters. The summed E-state index contributed by atoms with van der Waals surface area (Å²) in [5.74, 6) is 0. The SMILES string of the molecule is Cc1ccc(N2CCN(C(=O)NC(C)(C)C)CC2c2ccc(Cl)cc2)c(Cl)c1. The molecule has 1 N–H and O–H groups in total. The van der Waals surface area contributed by atoms with Gasteiger partial charge in [0.1, 0.15) is 0 Å². The van der Waals surface area contributed by atoms with Gasteiger partial charge in [-0.2, -0.15) is 0 Å². The number of hydrogen-bond acceptors (Lipinski definition) is 2. The molecule has 6 heteroatoms. The Labute approximate surface area is 177 Å². The van der Waals surface area contributed by atoms with Crippen LogP contribution in [0.2, 0.25) is 10.0 Å². The zero-order valence-corrected chi connectivity index (χ0v) is 18.3. The maximum Gasteiger partial charge on any atom is 0.317 e. The zero-order valence-electron chi connectivity index (χ0n) is 16.8. The van der Waals surface area contributed by atoms with E-state index < -0.39 is 0 Å². The minimum absolute atomic E-state index is 0.00283. The van der Waals surface area contributed by atoms with Gasteiger partial charge in [-0.05, 0) is 63.1 Å². The first-order valence-electron chi connectivity index (χ1n) is 9.49. The average Bonchev–Trinajstić information content (AvgIpc) is 2.61. The number of urea groups is 1. The molecule has 1 aliphatic heterocycles. The number of nitrogens with zero attached hydrogens (tertiary/aromatic N) is 2. The lowest BCUT2D eigenvalue weighted by Gasteiger charge is -2.44. The molecule has 0 radical (unpaired) electrons. The quantitative estimate of drug-likeness (QED) is 0.679. The molecule has 1 saturated heterocycles. The number of rotatable bonds is 2. The monoisotopic (exact) mass is 419 g/mol. The number of anilines is 1. The van der Waals surface area contributed by atoms with Crippen molar-refractivity contribution in [1.29, 1.82) is 0 Å². The minimum Gasteiger partial charge on any atom is -0.360 e. The van der Waals surface area contributed by atoms with Crippen molar-refractivity contribution in [3.8, 4) is 0 Å². The number of piperazine rings is 1. The summed E-state index contributed by atoms with van der Waals surface area (Å²) in [4.78, 5) is 16.9. The fraction of sp³-hybridized carbons (Fsp3) is 0.409. The second-order valence-electron chi connectivity index (χ2n) is 8.34. The number of carbonyl (C=O) groups excluding carboxylic acids is 1. The van der Waals surface area contributed by atoms with Gasteiger partial charge in [0, 0.05) is 30.2 Å². The third kappa shape index (κ3) is 4.92. The molecule has 3 rings (SSSR count). The predicted octanol–water partition coefficient (Wildman–Crippen LogP) is 5.67. The summed E-state index contributed by atoms with van der Waals surface area (Å²) >= 11 is 12.7. The van der Waals surface area contributed by atoms with Crippen LogP contribution < -0.4 is 10.2 Å². The van der Waals surface area contributed by atoms with Gasteiger partial charge in [0.2, 0.25) is 0 Å². The number of halogens is 2. The molecule has 2 amide bonds. The highest BCUT2D eigenvalue weighted by Gasteiger charge is 2.32. The third-order valence-corrected chi connectivity index (χ3v) is 5.37. The van der Waals surface area contributed by atoms with Crippen molar-refractivity contribution in [2.75, 3.05) is 24.5 Å². The van der Waals surface area contributed by atoms with Crippen molar-refractivity contribution in [1.82, 2.24) is 10.2 Å². The molecule has 2 aromatic carbocycles. The van der Waals surface area contributed by atoms with Crippen molar-refractivity contribution in [3.63, 3.8) is 0 Å². The van der Waals surface area contributed by atoms with E-state index in [0.717, 1.165) is 21.8 Å². The normalized spacial score (nSPS) is 17.6. The van der Waals surface area contributed by atoms with Crippen LogP contribution in [0, 0.1) is 6.92 Å². The summed E-state index contributed by atoms with van der Waals surface area (Å²) in [7, 11) is 0. The smallest absolute Gasteiger partial charge is 0.317 e. The van der Waals surface area contributed by atoms with E-state index in [4.69, 9.17) is 23.2 Å². The van der Waals surface area contributed by atoms with E-state index in [9.17, 15) is 4.79 Å². The lowest BCUT2D eigenvalue weighted by atomic mass is 10.0. The van der Waals surface area contributed by atoms with E-state index in [-0.39, 0.29) is 17.6 Å². The minimum atomic E-state index is -0.274. The van der Waals surface area contributed by atoms with E-state index in [1.165, 1.54) is 0 Å². The Morgan fingerprint density at radius 3 is 2.36 bits per heavy atom. The Morgan fingerprint density at radius 1 is 1.07 bits per heavy atom. The molecular weight excluding hydrogens is 393 g/mol. The van der Waals surface area contributed by atoms with Crippen LogP contribution in [0.5, 0.6) is 0 Å². The van der Waals surface area contributed by atoms with Crippen LogP contribution in [0.25, 0.3) is 0 Å². The van der Waals surface area contributed by atoms with Crippen LogP contribution in [-0.2, 0) is 0 Å². The average molecular weight is 420 g/mol. The van der Waals surface area contributed by atoms with Crippen molar-refractivity contribution in [3.05, 3.63) is 63.6 Å². The number of hydrogen-bond donors (Lipinski definition) is 1. The molecule has 28 heavy (non-hydrogen) atoms. The van der Waals surface area contributed by atoms with Crippen LogP contribution in [0.3, 0.4) is 0 Å². The summed E-state index contributed by atoms with van der Waals surface area (Å²) in [5, 5.41) is 4.49. The molecule has 0 aliphatic carbocycles. The highest BCUT2D eigenvalue weighted by Crippen LogP contribution is 2.36. The van der Waals surface area contributed by atoms with Crippen molar-refractivity contribution in [2.24, 2.45) is 0 Å². The molecule has 1 fully saturated rings. The summed E-state index contributed by atoms with van der Waals surface area (Å²) in [5.41, 5.74) is 2.95. The summed E-state index contributed by atoms with van der Waals surface area (Å²) < 4.78 is 0. The van der Waals surface area contributed by atoms with Gasteiger partial charge in [-0.15, -0.1) is 0 Å². The fourth-order valence-corrected chi connectivity index (χ4v) is 3.94. The largest absolute Gasteiger partial charge is 0.360 e. The molecular formula is C22H27Cl2N3O. The summed E-state index contributed by atoms with van der Waals surface area (Å²) in [6, 6.07) is 13.9. The van der Waals surface area contributed by atoms with Crippen LogP contribution in [0.1, 0.15) is 37.9 Å². The van der Waals surface area contributed by atoms with Gasteiger partial charge in [-0.25, -0.2) is 4.79 Å². The highest BCUT2D eigenvalue weighted by molar-refractivity contribution is 6.33. The van der Waals surface area contributed by atoms with Gasteiger partial charge in [-0.3, -0.25) is 0 Å². The Bertz CT molecular complexity index is 846. The van der Waals surface area contributed by atoms with Crippen molar-refractivity contribution >= 4 is 34.9 Å². The Kier molecular flexibility index (Phi) is 6.11. The topological polar surface area (TPSA) is 35.6 Å². The molecule has 4 nitrogen and oxygen atoms in total. The maximum absolute atomic E-state index is 12.7. The molecule has 0 saturated carbocycles. The maximum atomic E-state index is 12.7. The van der Waals surface area contributed by atoms with Crippen LogP contribution >= 0.6 is 23.2 Å². The molecule has 0 bridgehead atoms. The lowest BCUT2D eigenvalue weighted by Crippen LogP contribution is -2.56. The van der Waals surface area contributed by atoms with Gasteiger partial charge >= 0.3 is 6.03 Å². The first-order chi connectivity index (χ1) is 13.1. The number of amides is 2. The number of benzene rings is 2. The fourth-order valence-electron chi connectivity index (χ4n) is 3.47. The van der Waals surface area contributed by atoms with Crippen LogP contribution in [0.4, 0.5) is 10.5 Å². The number of aryl methyl sites for hydroxylation is 1. The second-order valence-corrected chi connectivity index (χ2v) is 9.19. The molecule has 0 aromatic heterocycles. The van der Waals surface area contributed by atoms with E-state index >= 15 is 0 Å². The first-order valence-corrected chi connectivity index (χ1v) is 10.2. The lowest BCUT2D eigenvalue weighted by molar-refractivity contribution is 0.176. The van der Waals surface area contributed by atoms with Gasteiger partial charge in [0.25, 0.3) is 0 Å². The molecule has 2 aromatic rings. The first kappa shape index (κ1) is 20.8. The highest BCUT2D eigenvalue weighted by atomic mass is 35.5. The Balaban J connectivity index is 1.92. The summed E-state index contributed by atoms with van der Waals surface area (Å²) in [6.45, 7) is 9.91. The third-order valence-electron chi connectivity index (χ3n) is 4.82. The van der Waals surface area contributed by atoms with Crippen molar-refractivity contribution in [2.45, 2.75) is 39.3 Å². The van der Waals surface area contributed by atoms with Crippen LogP contribution in [0.15, 0.2) is 42.5 Å². The molecule has 1 atom stereocenters. The van der Waals surface area contributed by atoms with Crippen LogP contribution in [-0.4, -0.2) is 36.1 Å². The van der Waals surface area contributed by atoms with Crippen molar-refractivity contribution < 1.29 is 4.79 Å². The summed E-state index contributed by atoms with van der Waals surface area (Å²) in [6.07, 6.45) is 0. The van der Waals surface area contributed by atoms with E-state index in [2.05, 4.69) is 22.3 Å². The Hall–Kier alpha value is -1.91. The van der Waals surface area contributed by atoms with Gasteiger partial charge in [0.15, 0.2) is 0 Å².